The molecule has 0 fully saturated rings. The predicted molar refractivity (Wildman–Crippen MR) is 69.9 cm³/mol. The minimum absolute atomic E-state index is 0. The molecule has 0 aliphatic heterocycles. The van der Waals surface area contributed by atoms with E-state index in [-0.39, 0.29) is 6.99 Å². The van der Waals surface area contributed by atoms with Gasteiger partial charge in [-0.2, -0.15) is 0 Å². The molecule has 2 heterocycles. The highest BCUT2D eigenvalue weighted by molar-refractivity contribution is 5.68. The number of para-hydroxylation sites is 1. The summed E-state index contributed by atoms with van der Waals surface area (Å²) >= 11 is 0. The lowest BCUT2D eigenvalue weighted by Crippen LogP contribution is -2.14. The topological polar surface area (TPSA) is 59.4 Å². The normalized spacial score (nSPS) is 10.7. The van der Waals surface area contributed by atoms with Gasteiger partial charge in [-0.05, 0) is 12.1 Å². The van der Waals surface area contributed by atoms with E-state index < -0.39 is 0 Å². The zero-order valence-corrected chi connectivity index (χ0v) is 9.75. The van der Waals surface area contributed by atoms with Gasteiger partial charge in [0, 0.05) is 25.3 Å². The van der Waals surface area contributed by atoms with Gasteiger partial charge in [0.15, 0.2) is 5.65 Å². The quantitative estimate of drug-likeness (QED) is 0.748. The van der Waals surface area contributed by atoms with Gasteiger partial charge < -0.3 is 4.74 Å². The Morgan fingerprint density at radius 1 is 1.33 bits per heavy atom. The number of methoxy groups -OCH3 is 1. The lowest BCUT2D eigenvalue weighted by atomic mass is 10.1. The first-order valence-electron chi connectivity index (χ1n) is 5.50. The van der Waals surface area contributed by atoms with E-state index in [9.17, 15) is 4.79 Å². The summed E-state index contributed by atoms with van der Waals surface area (Å²) < 4.78 is 6.66. The molecule has 3 aromatic rings. The number of fused-ring (bicyclic) bond motifs is 1. The first-order chi connectivity index (χ1) is 8.79. The van der Waals surface area contributed by atoms with Gasteiger partial charge in [0.1, 0.15) is 5.75 Å². The van der Waals surface area contributed by atoms with Crippen LogP contribution in [0.1, 0.15) is 1.43 Å². The predicted octanol–water partition coefficient (Wildman–Crippen LogP) is 1.94. The molecule has 3 rings (SSSR count). The van der Waals surface area contributed by atoms with Crippen molar-refractivity contribution in [2.75, 3.05) is 7.11 Å². The molecule has 2 aromatic heterocycles. The highest BCUT2D eigenvalue weighted by Crippen LogP contribution is 2.27. The number of H-pyrrole nitrogens is 1. The van der Waals surface area contributed by atoms with Crippen LogP contribution in [0, 0.1) is 0 Å². The van der Waals surface area contributed by atoms with E-state index in [0.717, 1.165) is 5.56 Å². The number of rotatable bonds is 2. The summed E-state index contributed by atoms with van der Waals surface area (Å²) in [5, 5.41) is 2.81. The van der Waals surface area contributed by atoms with Crippen molar-refractivity contribution >= 4 is 5.65 Å². The number of aromatic nitrogens is 3. The monoisotopic (exact) mass is 243 g/mol. The zero-order valence-electron chi connectivity index (χ0n) is 9.75. The Kier molecular flexibility index (Phi) is 2.37. The molecule has 0 saturated carbocycles. The second-order valence-corrected chi connectivity index (χ2v) is 3.84. The maximum absolute atomic E-state index is 11.9. The Morgan fingerprint density at radius 3 is 3.00 bits per heavy atom. The molecule has 5 nitrogen and oxygen atoms in total. The summed E-state index contributed by atoms with van der Waals surface area (Å²) in [5.41, 5.74) is 1.85. The maximum Gasteiger partial charge on any atom is 0.273 e. The van der Waals surface area contributed by atoms with Crippen LogP contribution in [0.2, 0.25) is 0 Å². The second-order valence-electron chi connectivity index (χ2n) is 3.84. The van der Waals surface area contributed by atoms with E-state index in [1.54, 1.807) is 19.4 Å². The van der Waals surface area contributed by atoms with Gasteiger partial charge in [-0.1, -0.05) is 12.1 Å². The Bertz CT molecular complexity index is 764. The maximum atomic E-state index is 11.9. The minimum atomic E-state index is -0.147. The third-order valence-electron chi connectivity index (χ3n) is 2.76. The molecule has 0 aliphatic carbocycles. The summed E-state index contributed by atoms with van der Waals surface area (Å²) in [6.07, 6.45) is 1.68. The largest absolute Gasteiger partial charge is 0.496 e. The van der Waals surface area contributed by atoms with Gasteiger partial charge in [0.05, 0.1) is 12.8 Å². The molecule has 1 N–H and O–H groups in total. The van der Waals surface area contributed by atoms with Crippen LogP contribution in [-0.4, -0.2) is 21.7 Å². The molecule has 0 radical (unpaired) electrons. The average Bonchev–Trinajstić information content (AvgIpc) is 2.87. The summed E-state index contributed by atoms with van der Waals surface area (Å²) in [5.74, 6) is 0.698. The minimum Gasteiger partial charge on any atom is -0.496 e. The van der Waals surface area contributed by atoms with Crippen LogP contribution in [0.25, 0.3) is 16.9 Å². The molecule has 0 saturated heterocycles. The number of ether oxygens (including phenoxy) is 1. The molecule has 0 bridgehead atoms. The molecule has 0 aliphatic rings. The Hall–Kier alpha value is -2.56. The van der Waals surface area contributed by atoms with E-state index in [4.69, 9.17) is 4.74 Å². The SMILES string of the molecule is COc1ccccc1-c1cc(=O)n2[nH]ccc2n1.[HH]. The molecule has 0 atom stereocenters. The van der Waals surface area contributed by atoms with E-state index in [0.29, 0.717) is 17.1 Å². The lowest BCUT2D eigenvalue weighted by Gasteiger charge is -2.07. The number of nitrogens with one attached hydrogen (secondary N) is 1. The molecular formula is C13H13N3O2. The molecule has 92 valence electrons. The van der Waals surface area contributed by atoms with Crippen molar-refractivity contribution < 1.29 is 6.16 Å². The van der Waals surface area contributed by atoms with Crippen LogP contribution < -0.4 is 10.3 Å². The molecular weight excluding hydrogens is 230 g/mol. The second kappa shape index (κ2) is 4.03. The fourth-order valence-electron chi connectivity index (χ4n) is 1.92. The standard InChI is InChI=1S/C13H11N3O2.H2/c1-18-11-5-3-2-4-9(11)10-8-13(17)16-12(15-10)6-7-14-16;/h2-8,14H,1H3;1H. The lowest BCUT2D eigenvalue weighted by molar-refractivity contribution is 0.416. The van der Waals surface area contributed by atoms with E-state index in [1.165, 1.54) is 10.6 Å². The summed E-state index contributed by atoms with van der Waals surface area (Å²) in [7, 11) is 1.60. The van der Waals surface area contributed by atoms with Gasteiger partial charge in [-0.15, -0.1) is 0 Å². The summed E-state index contributed by atoms with van der Waals surface area (Å²) in [6.45, 7) is 0. The molecule has 5 heteroatoms. The first kappa shape index (κ1) is 10.6. The van der Waals surface area contributed by atoms with Crippen molar-refractivity contribution in [1.82, 2.24) is 14.6 Å². The van der Waals surface area contributed by atoms with Gasteiger partial charge in [-0.3, -0.25) is 9.89 Å². The number of aromatic amines is 1. The van der Waals surface area contributed by atoms with Crippen molar-refractivity contribution in [3.8, 4) is 17.0 Å². The van der Waals surface area contributed by atoms with Crippen molar-refractivity contribution in [1.29, 1.82) is 0 Å². The van der Waals surface area contributed by atoms with E-state index in [2.05, 4.69) is 10.1 Å². The summed E-state index contributed by atoms with van der Waals surface area (Å²) in [4.78, 5) is 16.3. The Labute approximate surface area is 104 Å². The van der Waals surface area contributed by atoms with Crippen molar-refractivity contribution in [3.05, 3.63) is 52.9 Å². The number of hydrogen-bond donors (Lipinski definition) is 1. The smallest absolute Gasteiger partial charge is 0.273 e. The Morgan fingerprint density at radius 2 is 2.17 bits per heavy atom. The number of hydrogen-bond acceptors (Lipinski definition) is 3. The van der Waals surface area contributed by atoms with Gasteiger partial charge in [0.25, 0.3) is 5.56 Å². The fraction of sp³-hybridized carbons (Fsp3) is 0.0769. The van der Waals surface area contributed by atoms with Gasteiger partial charge in [-0.25, -0.2) is 9.50 Å². The van der Waals surface area contributed by atoms with Gasteiger partial charge >= 0.3 is 0 Å². The van der Waals surface area contributed by atoms with E-state index >= 15 is 0 Å². The van der Waals surface area contributed by atoms with Crippen LogP contribution in [0.5, 0.6) is 5.75 Å². The molecule has 0 amide bonds. The fourth-order valence-corrected chi connectivity index (χ4v) is 1.92. The average molecular weight is 243 g/mol. The highest BCUT2D eigenvalue weighted by atomic mass is 16.5. The number of nitrogens with zero attached hydrogens (tertiary/aromatic N) is 2. The van der Waals surface area contributed by atoms with Gasteiger partial charge in [0.2, 0.25) is 0 Å². The highest BCUT2D eigenvalue weighted by Gasteiger charge is 2.09. The molecule has 0 unspecified atom stereocenters. The van der Waals surface area contributed by atoms with Crippen LogP contribution in [0.4, 0.5) is 0 Å². The van der Waals surface area contributed by atoms with Crippen molar-refractivity contribution in [2.24, 2.45) is 0 Å². The van der Waals surface area contributed by atoms with Crippen molar-refractivity contribution in [2.45, 2.75) is 0 Å². The van der Waals surface area contributed by atoms with Crippen LogP contribution >= 0.6 is 0 Å². The molecule has 0 spiro atoms. The first-order valence-corrected chi connectivity index (χ1v) is 5.50. The molecule has 1 aromatic carbocycles. The third kappa shape index (κ3) is 1.57. The third-order valence-corrected chi connectivity index (χ3v) is 2.76. The number of benzene rings is 1. The van der Waals surface area contributed by atoms with Crippen LogP contribution in [0.3, 0.4) is 0 Å². The molecule has 18 heavy (non-hydrogen) atoms. The summed E-state index contributed by atoms with van der Waals surface area (Å²) in [6, 6.07) is 10.7. The van der Waals surface area contributed by atoms with Crippen LogP contribution in [0.15, 0.2) is 47.4 Å². The van der Waals surface area contributed by atoms with E-state index in [1.807, 2.05) is 24.3 Å². The van der Waals surface area contributed by atoms with Crippen LogP contribution in [-0.2, 0) is 0 Å². The zero-order chi connectivity index (χ0) is 12.5. The Balaban J connectivity index is 0.00000133. The van der Waals surface area contributed by atoms with Crippen molar-refractivity contribution in [3.63, 3.8) is 0 Å².